The van der Waals surface area contributed by atoms with Gasteiger partial charge in [-0.05, 0) is 19.3 Å². The number of esters is 1. The van der Waals surface area contributed by atoms with E-state index in [9.17, 15) is 4.79 Å². The van der Waals surface area contributed by atoms with Crippen molar-refractivity contribution in [1.82, 2.24) is 0 Å². The molecule has 0 amide bonds. The Morgan fingerprint density at radius 2 is 2.00 bits per heavy atom. The first-order valence-electron chi connectivity index (χ1n) is 4.81. The van der Waals surface area contributed by atoms with Gasteiger partial charge in [-0.15, -0.1) is 0 Å². The zero-order chi connectivity index (χ0) is 10.3. The van der Waals surface area contributed by atoms with Crippen LogP contribution in [0, 0.1) is 5.92 Å². The first-order valence-corrected chi connectivity index (χ1v) is 4.81. The summed E-state index contributed by atoms with van der Waals surface area (Å²) in [4.78, 5) is 10.9. The van der Waals surface area contributed by atoms with E-state index < -0.39 is 6.10 Å². The molecule has 2 atom stereocenters. The smallest absolute Gasteiger partial charge is 0.334 e. The number of ether oxygens (including phenoxy) is 2. The van der Waals surface area contributed by atoms with Crippen LogP contribution in [-0.2, 0) is 14.3 Å². The number of carbonyl (C=O) groups excluding carboxylic acids is 1. The molecule has 0 heterocycles. The molecular weight excluding hydrogens is 168 g/mol. The van der Waals surface area contributed by atoms with Crippen molar-refractivity contribution in [3.63, 3.8) is 0 Å². The van der Waals surface area contributed by atoms with Gasteiger partial charge in [0.15, 0.2) is 6.10 Å². The van der Waals surface area contributed by atoms with Crippen molar-refractivity contribution in [3.05, 3.63) is 0 Å². The van der Waals surface area contributed by atoms with Gasteiger partial charge in [-0.25, -0.2) is 4.79 Å². The molecular formula is C10H20O3. The van der Waals surface area contributed by atoms with Gasteiger partial charge in [0.05, 0.1) is 13.7 Å². The van der Waals surface area contributed by atoms with Gasteiger partial charge >= 0.3 is 5.97 Å². The molecule has 0 saturated carbocycles. The van der Waals surface area contributed by atoms with Gasteiger partial charge in [-0.1, -0.05) is 20.3 Å². The third-order valence-corrected chi connectivity index (χ3v) is 1.95. The normalized spacial score (nSPS) is 15.1. The molecule has 0 spiro atoms. The Hall–Kier alpha value is -0.570. The molecule has 0 aromatic rings. The zero-order valence-corrected chi connectivity index (χ0v) is 9.00. The van der Waals surface area contributed by atoms with Crippen LogP contribution in [-0.4, -0.2) is 25.8 Å². The van der Waals surface area contributed by atoms with Crippen LogP contribution in [0.4, 0.5) is 0 Å². The summed E-state index contributed by atoms with van der Waals surface area (Å²) in [5.41, 5.74) is 0. The van der Waals surface area contributed by atoms with Crippen LogP contribution in [0.15, 0.2) is 0 Å². The summed E-state index contributed by atoms with van der Waals surface area (Å²) in [5, 5.41) is 0. The molecule has 0 radical (unpaired) electrons. The quantitative estimate of drug-likeness (QED) is 0.598. The van der Waals surface area contributed by atoms with E-state index in [0.29, 0.717) is 12.5 Å². The monoisotopic (exact) mass is 188 g/mol. The molecule has 0 aromatic heterocycles. The second-order valence-corrected chi connectivity index (χ2v) is 3.39. The number of methoxy groups -OCH3 is 1. The molecule has 0 fully saturated rings. The van der Waals surface area contributed by atoms with Crippen molar-refractivity contribution in [2.24, 2.45) is 5.92 Å². The van der Waals surface area contributed by atoms with Gasteiger partial charge in [-0.3, -0.25) is 0 Å². The molecule has 3 heteroatoms. The number of rotatable bonds is 6. The van der Waals surface area contributed by atoms with Crippen molar-refractivity contribution >= 4 is 5.97 Å². The molecule has 13 heavy (non-hydrogen) atoms. The topological polar surface area (TPSA) is 35.5 Å². The van der Waals surface area contributed by atoms with Crippen molar-refractivity contribution in [3.8, 4) is 0 Å². The fourth-order valence-corrected chi connectivity index (χ4v) is 1.12. The van der Waals surface area contributed by atoms with Crippen molar-refractivity contribution in [2.75, 3.05) is 13.7 Å². The molecule has 0 aliphatic heterocycles. The van der Waals surface area contributed by atoms with E-state index in [-0.39, 0.29) is 5.97 Å². The molecule has 0 aliphatic carbocycles. The van der Waals surface area contributed by atoms with E-state index in [1.165, 1.54) is 7.11 Å². The molecule has 0 aromatic carbocycles. The summed E-state index contributed by atoms with van der Waals surface area (Å²) < 4.78 is 9.87. The van der Waals surface area contributed by atoms with E-state index in [2.05, 4.69) is 18.6 Å². The maximum atomic E-state index is 10.9. The van der Waals surface area contributed by atoms with Crippen LogP contribution in [0.2, 0.25) is 0 Å². The molecule has 78 valence electrons. The summed E-state index contributed by atoms with van der Waals surface area (Å²) in [7, 11) is 1.37. The average Bonchev–Trinajstić information content (AvgIpc) is 2.13. The fourth-order valence-electron chi connectivity index (χ4n) is 1.12. The van der Waals surface area contributed by atoms with Gasteiger partial charge in [0, 0.05) is 0 Å². The third-order valence-electron chi connectivity index (χ3n) is 1.95. The summed E-state index contributed by atoms with van der Waals surface area (Å²) in [6, 6.07) is 0. The molecule has 3 nitrogen and oxygen atoms in total. The standard InChI is InChI=1S/C10H20O3/c1-5-6-8(2)7-13-9(3)10(11)12-4/h8-9H,5-7H2,1-4H3. The van der Waals surface area contributed by atoms with Crippen LogP contribution >= 0.6 is 0 Å². The fraction of sp³-hybridized carbons (Fsp3) is 0.900. The summed E-state index contributed by atoms with van der Waals surface area (Å²) in [5.74, 6) is 0.209. The minimum absolute atomic E-state index is 0.302. The third kappa shape index (κ3) is 5.64. The highest BCUT2D eigenvalue weighted by molar-refractivity contribution is 5.73. The van der Waals surface area contributed by atoms with Crippen LogP contribution in [0.1, 0.15) is 33.6 Å². The lowest BCUT2D eigenvalue weighted by molar-refractivity contribution is -0.153. The summed E-state index contributed by atoms with van der Waals surface area (Å²) in [6.07, 6.45) is 1.84. The van der Waals surface area contributed by atoms with Gasteiger partial charge < -0.3 is 9.47 Å². The van der Waals surface area contributed by atoms with Gasteiger partial charge in [-0.2, -0.15) is 0 Å². The van der Waals surface area contributed by atoms with E-state index in [0.717, 1.165) is 12.8 Å². The maximum absolute atomic E-state index is 10.9. The molecule has 0 N–H and O–H groups in total. The minimum Gasteiger partial charge on any atom is -0.467 e. The molecule has 2 unspecified atom stereocenters. The highest BCUT2D eigenvalue weighted by Gasteiger charge is 2.14. The van der Waals surface area contributed by atoms with Crippen LogP contribution < -0.4 is 0 Å². The number of hydrogen-bond donors (Lipinski definition) is 0. The summed E-state index contributed by atoms with van der Waals surface area (Å²) >= 11 is 0. The minimum atomic E-state index is -0.440. The first-order chi connectivity index (χ1) is 6.11. The van der Waals surface area contributed by atoms with Crippen molar-refractivity contribution in [1.29, 1.82) is 0 Å². The van der Waals surface area contributed by atoms with Gasteiger partial charge in [0.1, 0.15) is 0 Å². The summed E-state index contributed by atoms with van der Waals surface area (Å²) in [6.45, 7) is 6.60. The van der Waals surface area contributed by atoms with Gasteiger partial charge in [0.25, 0.3) is 0 Å². The second kappa shape index (κ2) is 6.89. The molecule has 0 saturated heterocycles. The Morgan fingerprint density at radius 3 is 2.46 bits per heavy atom. The van der Waals surface area contributed by atoms with Crippen molar-refractivity contribution < 1.29 is 14.3 Å². The Morgan fingerprint density at radius 1 is 1.38 bits per heavy atom. The zero-order valence-electron chi connectivity index (χ0n) is 9.00. The molecule has 0 aliphatic rings. The number of carbonyl (C=O) groups is 1. The number of hydrogen-bond acceptors (Lipinski definition) is 3. The predicted octanol–water partition coefficient (Wildman–Crippen LogP) is 2.00. The Bertz CT molecular complexity index is 145. The SMILES string of the molecule is CCCC(C)COC(C)C(=O)OC. The van der Waals surface area contributed by atoms with E-state index >= 15 is 0 Å². The van der Waals surface area contributed by atoms with Crippen LogP contribution in [0.5, 0.6) is 0 Å². The highest BCUT2D eigenvalue weighted by Crippen LogP contribution is 2.07. The Balaban J connectivity index is 3.56. The van der Waals surface area contributed by atoms with Crippen LogP contribution in [0.25, 0.3) is 0 Å². The van der Waals surface area contributed by atoms with E-state index in [4.69, 9.17) is 4.74 Å². The first kappa shape index (κ1) is 12.4. The Kier molecular flexibility index (Phi) is 6.59. The molecule has 0 bridgehead atoms. The second-order valence-electron chi connectivity index (χ2n) is 3.39. The lowest BCUT2D eigenvalue weighted by Crippen LogP contribution is -2.24. The van der Waals surface area contributed by atoms with Crippen LogP contribution in [0.3, 0.4) is 0 Å². The lowest BCUT2D eigenvalue weighted by atomic mass is 10.1. The van der Waals surface area contributed by atoms with Crippen molar-refractivity contribution in [2.45, 2.75) is 39.7 Å². The van der Waals surface area contributed by atoms with E-state index in [1.54, 1.807) is 6.92 Å². The molecule has 0 rings (SSSR count). The largest absolute Gasteiger partial charge is 0.467 e. The lowest BCUT2D eigenvalue weighted by Gasteiger charge is -2.14. The Labute approximate surface area is 80.4 Å². The van der Waals surface area contributed by atoms with Gasteiger partial charge in [0.2, 0.25) is 0 Å². The maximum Gasteiger partial charge on any atom is 0.334 e. The average molecular weight is 188 g/mol. The van der Waals surface area contributed by atoms with E-state index in [1.807, 2.05) is 0 Å². The highest BCUT2D eigenvalue weighted by atomic mass is 16.6. The predicted molar refractivity (Wildman–Crippen MR) is 51.5 cm³/mol.